The lowest BCUT2D eigenvalue weighted by Gasteiger charge is -2.35. The van der Waals surface area contributed by atoms with E-state index in [1.54, 1.807) is 25.1 Å². The van der Waals surface area contributed by atoms with Crippen molar-refractivity contribution in [3.8, 4) is 0 Å². The molecule has 140 valence electrons. The van der Waals surface area contributed by atoms with E-state index in [2.05, 4.69) is 5.32 Å². The second-order valence-corrected chi connectivity index (χ2v) is 6.45. The maximum absolute atomic E-state index is 12.5. The summed E-state index contributed by atoms with van der Waals surface area (Å²) in [4.78, 5) is 36.8. The number of rotatable bonds is 6. The number of amides is 2. The maximum Gasteiger partial charge on any atom is 0.337 e. The van der Waals surface area contributed by atoms with Crippen LogP contribution < -0.4 is 10.4 Å². The van der Waals surface area contributed by atoms with E-state index in [4.69, 9.17) is 27.9 Å². The largest absolute Gasteiger partial charge is 0.550 e. The first-order valence-corrected chi connectivity index (χ1v) is 8.54. The molecule has 0 saturated carbocycles. The number of ether oxygens (including phenoxy) is 1. The molecule has 0 unspecified atom stereocenters. The number of nitrogens with one attached hydrogen (secondary N) is 1. The highest BCUT2D eigenvalue weighted by atomic mass is 35.5. The summed E-state index contributed by atoms with van der Waals surface area (Å²) in [6.45, 7) is 1.69. The van der Waals surface area contributed by atoms with Crippen molar-refractivity contribution < 1.29 is 24.2 Å². The number of carboxylic acid groups (broad SMARTS) is 1. The van der Waals surface area contributed by atoms with Gasteiger partial charge in [-0.25, -0.2) is 9.59 Å². The first kappa shape index (κ1) is 20.1. The average molecular weight is 400 g/mol. The van der Waals surface area contributed by atoms with Crippen LogP contribution in [-0.4, -0.2) is 36.5 Å². The molecule has 2 rings (SSSR count). The van der Waals surface area contributed by atoms with Gasteiger partial charge in [-0.3, -0.25) is 4.90 Å². The Kier molecular flexibility index (Phi) is 6.50. The smallest absolute Gasteiger partial charge is 0.337 e. The number of carbonyl (C=O) groups is 3. The number of carbonyl (C=O) groups excluding carboxylic acids is 3. The summed E-state index contributed by atoms with van der Waals surface area (Å²) >= 11 is 12.5. The van der Waals surface area contributed by atoms with E-state index in [1.165, 1.54) is 12.0 Å². The zero-order valence-electron chi connectivity index (χ0n) is 14.2. The van der Waals surface area contributed by atoms with E-state index in [-0.39, 0.29) is 25.0 Å². The molecule has 26 heavy (non-hydrogen) atoms. The van der Waals surface area contributed by atoms with Crippen molar-refractivity contribution in [1.29, 1.82) is 0 Å². The number of carboxylic acids is 1. The van der Waals surface area contributed by atoms with Crippen LogP contribution in [-0.2, 0) is 14.3 Å². The van der Waals surface area contributed by atoms with Gasteiger partial charge in [-0.15, -0.1) is 0 Å². The molecule has 9 heteroatoms. The van der Waals surface area contributed by atoms with Crippen LogP contribution in [0.4, 0.5) is 4.79 Å². The van der Waals surface area contributed by atoms with Crippen molar-refractivity contribution in [3.05, 3.63) is 45.1 Å². The summed E-state index contributed by atoms with van der Waals surface area (Å²) in [7, 11) is 1.23. The van der Waals surface area contributed by atoms with Crippen LogP contribution in [0.2, 0.25) is 10.0 Å². The Morgan fingerprint density at radius 2 is 1.92 bits per heavy atom. The Morgan fingerprint density at radius 3 is 2.46 bits per heavy atom. The van der Waals surface area contributed by atoms with Crippen LogP contribution in [0.15, 0.2) is 29.5 Å². The molecule has 2 amide bonds. The van der Waals surface area contributed by atoms with Crippen molar-refractivity contribution in [2.75, 3.05) is 13.7 Å². The quantitative estimate of drug-likeness (QED) is 0.737. The van der Waals surface area contributed by atoms with Gasteiger partial charge in [0.1, 0.15) is 0 Å². The normalized spacial score (nSPS) is 17.2. The Bertz CT molecular complexity index is 758. The highest BCUT2D eigenvalue weighted by Crippen LogP contribution is 2.38. The van der Waals surface area contributed by atoms with Crippen LogP contribution in [0.3, 0.4) is 0 Å². The van der Waals surface area contributed by atoms with Gasteiger partial charge in [-0.1, -0.05) is 29.3 Å². The van der Waals surface area contributed by atoms with E-state index in [9.17, 15) is 19.5 Å². The van der Waals surface area contributed by atoms with Gasteiger partial charge >= 0.3 is 12.0 Å². The van der Waals surface area contributed by atoms with Crippen LogP contribution in [0.5, 0.6) is 0 Å². The monoisotopic (exact) mass is 399 g/mol. The molecule has 0 radical (unpaired) electrons. The van der Waals surface area contributed by atoms with Crippen molar-refractivity contribution in [1.82, 2.24) is 10.2 Å². The summed E-state index contributed by atoms with van der Waals surface area (Å²) < 4.78 is 4.85. The molecule has 0 spiro atoms. The van der Waals surface area contributed by atoms with E-state index in [1.807, 2.05) is 0 Å². The Morgan fingerprint density at radius 1 is 1.31 bits per heavy atom. The van der Waals surface area contributed by atoms with Gasteiger partial charge in [0.2, 0.25) is 0 Å². The lowest BCUT2D eigenvalue weighted by Crippen LogP contribution is -2.48. The third kappa shape index (κ3) is 4.11. The first-order valence-electron chi connectivity index (χ1n) is 7.78. The molecule has 0 aliphatic carbocycles. The summed E-state index contributed by atoms with van der Waals surface area (Å²) in [6, 6.07) is 3.49. The van der Waals surface area contributed by atoms with Crippen LogP contribution >= 0.6 is 23.2 Å². The van der Waals surface area contributed by atoms with Gasteiger partial charge in [-0.2, -0.15) is 0 Å². The number of benzene rings is 1. The van der Waals surface area contributed by atoms with E-state index >= 15 is 0 Å². The Hall–Kier alpha value is -2.25. The van der Waals surface area contributed by atoms with E-state index in [0.717, 1.165) is 0 Å². The number of urea groups is 1. The lowest BCUT2D eigenvalue weighted by molar-refractivity contribution is -0.305. The molecule has 1 aliphatic heterocycles. The minimum atomic E-state index is -1.21. The zero-order valence-corrected chi connectivity index (χ0v) is 15.7. The number of hydrogen-bond acceptors (Lipinski definition) is 5. The first-order chi connectivity index (χ1) is 12.3. The summed E-state index contributed by atoms with van der Waals surface area (Å²) in [6.07, 6.45) is -0.0244. The molecule has 1 heterocycles. The molecule has 1 aliphatic rings. The van der Waals surface area contributed by atoms with E-state index < -0.39 is 24.0 Å². The predicted octanol–water partition coefficient (Wildman–Crippen LogP) is 2.04. The van der Waals surface area contributed by atoms with Crippen molar-refractivity contribution in [3.63, 3.8) is 0 Å². The molecule has 0 fully saturated rings. The summed E-state index contributed by atoms with van der Waals surface area (Å²) in [5, 5.41) is 13.9. The van der Waals surface area contributed by atoms with Crippen LogP contribution in [0.25, 0.3) is 0 Å². The van der Waals surface area contributed by atoms with Gasteiger partial charge in [0.25, 0.3) is 0 Å². The number of halogens is 2. The van der Waals surface area contributed by atoms with Crippen molar-refractivity contribution in [2.45, 2.75) is 25.8 Å². The van der Waals surface area contributed by atoms with Gasteiger partial charge in [0.15, 0.2) is 0 Å². The molecule has 1 N–H and O–H groups in total. The fraction of sp³-hybridized carbons (Fsp3) is 0.353. The van der Waals surface area contributed by atoms with Gasteiger partial charge in [0.05, 0.1) is 18.7 Å². The SMILES string of the molecule is COC(=O)C1=C(C)N(CCCC(=O)[O-])C(=O)N[C@@H]1c1c(Cl)cccc1Cl. The molecule has 1 aromatic carbocycles. The highest BCUT2D eigenvalue weighted by molar-refractivity contribution is 6.36. The standard InChI is InChI=1S/C17H18Cl2N2O5/c1-9-13(16(24)26-2)15(14-10(18)5-3-6-11(14)19)20-17(25)21(9)8-4-7-12(22)23/h3,5-6,15H,4,7-8H2,1-2H3,(H,20,25)(H,22,23)/p-1/t15-/m0/s1. The maximum atomic E-state index is 12.5. The molecule has 0 bridgehead atoms. The number of esters is 1. The average Bonchev–Trinajstić information content (AvgIpc) is 2.56. The number of methoxy groups -OCH3 is 1. The van der Waals surface area contributed by atoms with Crippen molar-refractivity contribution >= 4 is 41.2 Å². The zero-order chi connectivity index (χ0) is 19.4. The third-order valence-electron chi connectivity index (χ3n) is 4.05. The molecular weight excluding hydrogens is 383 g/mol. The third-order valence-corrected chi connectivity index (χ3v) is 4.71. The minimum absolute atomic E-state index is 0.106. The molecule has 1 atom stereocenters. The molecule has 7 nitrogen and oxygen atoms in total. The summed E-state index contributed by atoms with van der Waals surface area (Å²) in [5.74, 6) is -1.86. The Balaban J connectivity index is 2.48. The van der Waals surface area contributed by atoms with Gasteiger partial charge in [0, 0.05) is 33.8 Å². The number of aliphatic carboxylic acids is 1. The number of allylic oxidation sites excluding steroid dienone is 1. The molecule has 0 aromatic heterocycles. The molecule has 0 saturated heterocycles. The molecular formula is C17H17Cl2N2O5-. The second-order valence-electron chi connectivity index (χ2n) is 5.64. The van der Waals surface area contributed by atoms with E-state index in [0.29, 0.717) is 21.3 Å². The molecule has 1 aromatic rings. The topological polar surface area (TPSA) is 98.8 Å². The highest BCUT2D eigenvalue weighted by Gasteiger charge is 2.37. The van der Waals surface area contributed by atoms with Crippen LogP contribution in [0.1, 0.15) is 31.4 Å². The van der Waals surface area contributed by atoms with Crippen LogP contribution in [0, 0.1) is 0 Å². The lowest BCUT2D eigenvalue weighted by atomic mass is 9.94. The van der Waals surface area contributed by atoms with Crippen molar-refractivity contribution in [2.24, 2.45) is 0 Å². The Labute approximate surface area is 160 Å². The van der Waals surface area contributed by atoms with Gasteiger partial charge < -0.3 is 20.0 Å². The second kappa shape index (κ2) is 8.42. The summed E-state index contributed by atoms with van der Waals surface area (Å²) in [5.41, 5.74) is 0.911. The predicted molar refractivity (Wildman–Crippen MR) is 93.4 cm³/mol. The minimum Gasteiger partial charge on any atom is -0.550 e. The fourth-order valence-electron chi connectivity index (χ4n) is 2.81. The number of hydrogen-bond donors (Lipinski definition) is 1. The van der Waals surface area contributed by atoms with Gasteiger partial charge in [-0.05, 0) is 31.9 Å². The fourth-order valence-corrected chi connectivity index (χ4v) is 3.43. The number of nitrogens with zero attached hydrogens (tertiary/aromatic N) is 1.